The van der Waals surface area contributed by atoms with Crippen LogP contribution in [0, 0.1) is 10.1 Å². The second-order valence-electron chi connectivity index (χ2n) is 4.88. The van der Waals surface area contributed by atoms with E-state index in [1.807, 2.05) is 6.07 Å². The van der Waals surface area contributed by atoms with Gasteiger partial charge in [-0.15, -0.1) is 11.8 Å². The van der Waals surface area contributed by atoms with Crippen molar-refractivity contribution in [3.63, 3.8) is 0 Å². The monoisotopic (exact) mass is 360 g/mol. The molecule has 1 N–H and O–H groups in total. The zero-order chi connectivity index (χ0) is 18.2. The van der Waals surface area contributed by atoms with Gasteiger partial charge in [0.15, 0.2) is 0 Å². The van der Waals surface area contributed by atoms with E-state index in [0.717, 1.165) is 4.90 Å². The molecule has 25 heavy (non-hydrogen) atoms. The van der Waals surface area contributed by atoms with Crippen LogP contribution in [0.25, 0.3) is 0 Å². The number of hydrogen-bond donors (Lipinski definition) is 1. The Kier molecular flexibility index (Phi) is 6.53. The molecule has 8 heteroatoms. The van der Waals surface area contributed by atoms with Crippen molar-refractivity contribution in [1.82, 2.24) is 0 Å². The molecule has 0 aliphatic rings. The van der Waals surface area contributed by atoms with E-state index >= 15 is 0 Å². The van der Waals surface area contributed by atoms with Crippen LogP contribution >= 0.6 is 11.8 Å². The molecule has 1 amide bonds. The van der Waals surface area contributed by atoms with Crippen molar-refractivity contribution in [3.8, 4) is 0 Å². The lowest BCUT2D eigenvalue weighted by atomic mass is 10.2. The second kappa shape index (κ2) is 8.84. The number of rotatable bonds is 7. The number of benzene rings is 2. The molecule has 0 radical (unpaired) electrons. The molecule has 2 aromatic rings. The topological polar surface area (TPSA) is 98.5 Å². The summed E-state index contributed by atoms with van der Waals surface area (Å²) in [5, 5.41) is 13.4. The summed E-state index contributed by atoms with van der Waals surface area (Å²) in [5.74, 6) is -0.483. The van der Waals surface area contributed by atoms with Gasteiger partial charge in [0, 0.05) is 28.3 Å². The van der Waals surface area contributed by atoms with E-state index in [2.05, 4.69) is 5.32 Å². The molecule has 0 aromatic heterocycles. The third kappa shape index (κ3) is 5.61. The molecular formula is C17H16N2O5S. The fourth-order valence-corrected chi connectivity index (χ4v) is 2.70. The fourth-order valence-electron chi connectivity index (χ4n) is 1.95. The van der Waals surface area contributed by atoms with Crippen LogP contribution in [0.3, 0.4) is 0 Å². The number of thioether (sulfide) groups is 1. The molecule has 2 rings (SSSR count). The number of nitrogens with one attached hydrogen (secondary N) is 1. The SMILES string of the molecule is CCOC(=O)CSc1cccc(NC(=O)c2ccc([N+](=O)[O-])cc2)c1. The molecule has 0 spiro atoms. The fraction of sp³-hybridized carbons (Fsp3) is 0.176. The molecule has 0 aliphatic heterocycles. The normalized spacial score (nSPS) is 10.1. The maximum atomic E-state index is 12.2. The maximum Gasteiger partial charge on any atom is 0.316 e. The number of hydrogen-bond acceptors (Lipinski definition) is 6. The standard InChI is InChI=1S/C17H16N2O5S/c1-2-24-16(20)11-25-15-5-3-4-13(10-15)18-17(21)12-6-8-14(9-7-12)19(22)23/h3-10H,2,11H2,1H3,(H,18,21). The van der Waals surface area contributed by atoms with Gasteiger partial charge < -0.3 is 10.1 Å². The van der Waals surface area contributed by atoms with Crippen LogP contribution in [0.2, 0.25) is 0 Å². The van der Waals surface area contributed by atoms with Crippen molar-refractivity contribution in [2.75, 3.05) is 17.7 Å². The first-order valence-electron chi connectivity index (χ1n) is 7.44. The molecule has 0 unspecified atom stereocenters. The third-order valence-electron chi connectivity index (χ3n) is 3.09. The summed E-state index contributed by atoms with van der Waals surface area (Å²) in [6, 6.07) is 12.4. The second-order valence-corrected chi connectivity index (χ2v) is 5.93. The number of nitro groups is 1. The zero-order valence-corrected chi connectivity index (χ0v) is 14.2. The highest BCUT2D eigenvalue weighted by Gasteiger charge is 2.10. The summed E-state index contributed by atoms with van der Waals surface area (Å²) in [7, 11) is 0. The van der Waals surface area contributed by atoms with Crippen LogP contribution in [0.5, 0.6) is 0 Å². The molecule has 0 fully saturated rings. The van der Waals surface area contributed by atoms with Gasteiger partial charge in [-0.05, 0) is 37.3 Å². The molecule has 130 valence electrons. The lowest BCUT2D eigenvalue weighted by Crippen LogP contribution is -2.11. The Morgan fingerprint density at radius 2 is 1.92 bits per heavy atom. The highest BCUT2D eigenvalue weighted by atomic mass is 32.2. The van der Waals surface area contributed by atoms with Crippen LogP contribution in [-0.4, -0.2) is 29.2 Å². The van der Waals surface area contributed by atoms with Crippen LogP contribution in [0.4, 0.5) is 11.4 Å². The quantitative estimate of drug-likeness (QED) is 0.351. The van der Waals surface area contributed by atoms with E-state index in [1.54, 1.807) is 25.1 Å². The van der Waals surface area contributed by atoms with E-state index in [0.29, 0.717) is 17.9 Å². The van der Waals surface area contributed by atoms with Gasteiger partial charge in [-0.3, -0.25) is 19.7 Å². The molecule has 0 saturated carbocycles. The first-order chi connectivity index (χ1) is 12.0. The lowest BCUT2D eigenvalue weighted by Gasteiger charge is -2.07. The molecule has 0 bridgehead atoms. The Balaban J connectivity index is 1.99. The Morgan fingerprint density at radius 3 is 2.56 bits per heavy atom. The van der Waals surface area contributed by atoms with E-state index in [4.69, 9.17) is 4.74 Å². The van der Waals surface area contributed by atoms with Gasteiger partial charge in [0.05, 0.1) is 17.3 Å². The minimum atomic E-state index is -0.522. The zero-order valence-electron chi connectivity index (χ0n) is 13.4. The summed E-state index contributed by atoms with van der Waals surface area (Å²) in [6.07, 6.45) is 0. The number of amides is 1. The first kappa shape index (κ1) is 18.5. The van der Waals surface area contributed by atoms with Crippen molar-refractivity contribution < 1.29 is 19.2 Å². The lowest BCUT2D eigenvalue weighted by molar-refractivity contribution is -0.384. The Morgan fingerprint density at radius 1 is 1.20 bits per heavy atom. The highest BCUT2D eigenvalue weighted by Crippen LogP contribution is 2.22. The molecule has 0 atom stereocenters. The van der Waals surface area contributed by atoms with Gasteiger partial charge >= 0.3 is 5.97 Å². The highest BCUT2D eigenvalue weighted by molar-refractivity contribution is 8.00. The van der Waals surface area contributed by atoms with Crippen LogP contribution in [-0.2, 0) is 9.53 Å². The predicted octanol–water partition coefficient (Wildman–Crippen LogP) is 3.50. The molecular weight excluding hydrogens is 344 g/mol. The third-order valence-corrected chi connectivity index (χ3v) is 4.06. The maximum absolute atomic E-state index is 12.2. The van der Waals surface area contributed by atoms with E-state index < -0.39 is 4.92 Å². The van der Waals surface area contributed by atoms with Crippen LogP contribution in [0.15, 0.2) is 53.4 Å². The Labute approximate surface area is 148 Å². The van der Waals surface area contributed by atoms with E-state index in [-0.39, 0.29) is 23.3 Å². The van der Waals surface area contributed by atoms with Crippen LogP contribution in [0.1, 0.15) is 17.3 Å². The van der Waals surface area contributed by atoms with Crippen molar-refractivity contribution in [1.29, 1.82) is 0 Å². The summed E-state index contributed by atoms with van der Waals surface area (Å²) in [6.45, 7) is 2.08. The number of ether oxygens (including phenoxy) is 1. The molecule has 0 heterocycles. The number of nitrogens with zero attached hydrogens (tertiary/aromatic N) is 1. The largest absolute Gasteiger partial charge is 0.465 e. The molecule has 7 nitrogen and oxygen atoms in total. The number of carbonyl (C=O) groups is 2. The van der Waals surface area contributed by atoms with Crippen molar-refractivity contribution in [2.45, 2.75) is 11.8 Å². The average molecular weight is 360 g/mol. The first-order valence-corrected chi connectivity index (χ1v) is 8.42. The van der Waals surface area contributed by atoms with Crippen LogP contribution < -0.4 is 5.32 Å². The van der Waals surface area contributed by atoms with Gasteiger partial charge in [-0.1, -0.05) is 6.07 Å². The van der Waals surface area contributed by atoms with Gasteiger partial charge in [-0.2, -0.15) is 0 Å². The minimum Gasteiger partial charge on any atom is -0.465 e. The number of esters is 1. The molecule has 0 saturated heterocycles. The Hall–Kier alpha value is -2.87. The number of non-ortho nitro benzene ring substituents is 1. The van der Waals surface area contributed by atoms with Gasteiger partial charge in [0.1, 0.15) is 0 Å². The summed E-state index contributed by atoms with van der Waals surface area (Å²) in [5.41, 5.74) is 0.807. The van der Waals surface area contributed by atoms with Gasteiger partial charge in [0.2, 0.25) is 0 Å². The Bertz CT molecular complexity index is 777. The van der Waals surface area contributed by atoms with Gasteiger partial charge in [0.25, 0.3) is 11.6 Å². The number of anilines is 1. The van der Waals surface area contributed by atoms with Crippen molar-refractivity contribution >= 4 is 35.0 Å². The summed E-state index contributed by atoms with van der Waals surface area (Å²) < 4.78 is 4.87. The average Bonchev–Trinajstić information content (AvgIpc) is 2.60. The van der Waals surface area contributed by atoms with E-state index in [1.165, 1.54) is 36.0 Å². The number of carbonyl (C=O) groups excluding carboxylic acids is 2. The predicted molar refractivity (Wildman–Crippen MR) is 94.8 cm³/mol. The minimum absolute atomic E-state index is 0.0751. The smallest absolute Gasteiger partial charge is 0.316 e. The summed E-state index contributed by atoms with van der Waals surface area (Å²) in [4.78, 5) is 34.5. The number of nitro benzene ring substituents is 1. The summed E-state index contributed by atoms with van der Waals surface area (Å²) >= 11 is 1.31. The van der Waals surface area contributed by atoms with Crippen molar-refractivity contribution in [2.24, 2.45) is 0 Å². The molecule has 0 aliphatic carbocycles. The van der Waals surface area contributed by atoms with Gasteiger partial charge in [-0.25, -0.2) is 0 Å². The van der Waals surface area contributed by atoms with Crippen molar-refractivity contribution in [3.05, 3.63) is 64.2 Å². The molecule has 2 aromatic carbocycles. The van der Waals surface area contributed by atoms with E-state index in [9.17, 15) is 19.7 Å².